The monoisotopic (exact) mass is 334 g/mol. The summed E-state index contributed by atoms with van der Waals surface area (Å²) in [5.41, 5.74) is 1.15. The summed E-state index contributed by atoms with van der Waals surface area (Å²) >= 11 is 0. The van der Waals surface area contributed by atoms with Crippen LogP contribution in [0.5, 0.6) is 0 Å². The number of amides is 3. The van der Waals surface area contributed by atoms with Crippen molar-refractivity contribution in [3.8, 4) is 0 Å². The molecule has 7 heteroatoms. The van der Waals surface area contributed by atoms with Gasteiger partial charge in [0.15, 0.2) is 0 Å². The van der Waals surface area contributed by atoms with Crippen LogP contribution in [0, 0.1) is 0 Å². The molecule has 0 saturated carbocycles. The van der Waals surface area contributed by atoms with Gasteiger partial charge in [-0.25, -0.2) is 4.79 Å². The first-order chi connectivity index (χ1) is 11.5. The summed E-state index contributed by atoms with van der Waals surface area (Å²) in [6.45, 7) is 9.01. The van der Waals surface area contributed by atoms with Crippen molar-refractivity contribution in [2.24, 2.45) is 0 Å². The standard InChI is InChI=1S/C17H26N4O3/c1-13(2)12-21-7-5-14(6-8-21)20-17(23)19-11-16(22)18-10-15-4-3-9-24-15/h3-4,9,14H,1,5-8,10-12H2,2H3,(H,18,22)(H2,19,20,23). The minimum absolute atomic E-state index is 0.0545. The number of rotatable bonds is 7. The van der Waals surface area contributed by atoms with Gasteiger partial charge in [-0.3, -0.25) is 9.69 Å². The third-order valence-electron chi connectivity index (χ3n) is 3.87. The quantitative estimate of drug-likeness (QED) is 0.655. The molecule has 1 aromatic heterocycles. The molecular weight excluding hydrogens is 308 g/mol. The molecule has 1 aromatic rings. The Hall–Kier alpha value is -2.28. The highest BCUT2D eigenvalue weighted by atomic mass is 16.3. The van der Waals surface area contributed by atoms with Crippen LogP contribution in [0.4, 0.5) is 4.79 Å². The van der Waals surface area contributed by atoms with Crippen molar-refractivity contribution in [2.45, 2.75) is 32.4 Å². The molecule has 2 rings (SSSR count). The second kappa shape index (κ2) is 9.12. The predicted octanol–water partition coefficient (Wildman–Crippen LogP) is 1.24. The van der Waals surface area contributed by atoms with Crippen LogP contribution < -0.4 is 16.0 Å². The van der Waals surface area contributed by atoms with E-state index in [0.29, 0.717) is 12.3 Å². The third-order valence-corrected chi connectivity index (χ3v) is 3.87. The Bertz CT molecular complexity index is 548. The molecule has 0 atom stereocenters. The van der Waals surface area contributed by atoms with Gasteiger partial charge in [-0.15, -0.1) is 0 Å². The van der Waals surface area contributed by atoms with E-state index in [0.717, 1.165) is 38.0 Å². The van der Waals surface area contributed by atoms with E-state index in [1.165, 1.54) is 0 Å². The summed E-state index contributed by atoms with van der Waals surface area (Å²) in [5, 5.41) is 8.18. The van der Waals surface area contributed by atoms with E-state index in [9.17, 15) is 9.59 Å². The Morgan fingerprint density at radius 2 is 2.08 bits per heavy atom. The van der Waals surface area contributed by atoms with E-state index in [4.69, 9.17) is 4.42 Å². The SMILES string of the molecule is C=C(C)CN1CCC(NC(=O)NCC(=O)NCc2ccco2)CC1. The second-order valence-electron chi connectivity index (χ2n) is 6.19. The lowest BCUT2D eigenvalue weighted by molar-refractivity contribution is -0.120. The van der Waals surface area contributed by atoms with Crippen molar-refractivity contribution in [2.75, 3.05) is 26.2 Å². The molecule has 3 amide bonds. The average Bonchev–Trinajstić information content (AvgIpc) is 3.06. The molecule has 7 nitrogen and oxygen atoms in total. The van der Waals surface area contributed by atoms with Crippen molar-refractivity contribution in [3.05, 3.63) is 36.3 Å². The summed E-state index contributed by atoms with van der Waals surface area (Å²) < 4.78 is 5.12. The molecule has 24 heavy (non-hydrogen) atoms. The highest BCUT2D eigenvalue weighted by molar-refractivity contribution is 5.83. The average molecular weight is 334 g/mol. The number of hydrogen-bond donors (Lipinski definition) is 3. The molecule has 2 heterocycles. The first-order valence-corrected chi connectivity index (χ1v) is 8.23. The van der Waals surface area contributed by atoms with Crippen LogP contribution in [-0.4, -0.2) is 49.1 Å². The van der Waals surface area contributed by atoms with E-state index in [1.54, 1.807) is 18.4 Å². The van der Waals surface area contributed by atoms with Gasteiger partial charge in [-0.05, 0) is 31.9 Å². The number of furan rings is 1. The van der Waals surface area contributed by atoms with Gasteiger partial charge < -0.3 is 20.4 Å². The van der Waals surface area contributed by atoms with Crippen molar-refractivity contribution < 1.29 is 14.0 Å². The largest absolute Gasteiger partial charge is 0.467 e. The molecule has 0 bridgehead atoms. The molecule has 132 valence electrons. The van der Waals surface area contributed by atoms with E-state index < -0.39 is 0 Å². The number of urea groups is 1. The first-order valence-electron chi connectivity index (χ1n) is 8.23. The van der Waals surface area contributed by atoms with Crippen molar-refractivity contribution >= 4 is 11.9 Å². The number of nitrogens with one attached hydrogen (secondary N) is 3. The number of carbonyl (C=O) groups excluding carboxylic acids is 2. The summed E-state index contributed by atoms with van der Waals surface area (Å²) in [7, 11) is 0. The summed E-state index contributed by atoms with van der Waals surface area (Å²) in [6.07, 6.45) is 3.37. The smallest absolute Gasteiger partial charge is 0.315 e. The van der Waals surface area contributed by atoms with Crippen LogP contribution >= 0.6 is 0 Å². The lowest BCUT2D eigenvalue weighted by Crippen LogP contribution is -2.49. The minimum atomic E-state index is -0.304. The molecule has 0 radical (unpaired) electrons. The maximum absolute atomic E-state index is 11.9. The van der Waals surface area contributed by atoms with E-state index in [1.807, 2.05) is 6.92 Å². The lowest BCUT2D eigenvalue weighted by atomic mass is 10.0. The Balaban J connectivity index is 1.58. The normalized spacial score (nSPS) is 15.7. The predicted molar refractivity (Wildman–Crippen MR) is 91.4 cm³/mol. The Labute approximate surface area is 142 Å². The van der Waals surface area contributed by atoms with Crippen molar-refractivity contribution in [3.63, 3.8) is 0 Å². The van der Waals surface area contributed by atoms with Crippen molar-refractivity contribution in [1.29, 1.82) is 0 Å². The summed E-state index contributed by atoms with van der Waals surface area (Å²) in [6, 6.07) is 3.38. The zero-order chi connectivity index (χ0) is 17.4. The molecule has 0 aromatic carbocycles. The van der Waals surface area contributed by atoms with Gasteiger partial charge in [0.2, 0.25) is 5.91 Å². The molecule has 0 spiro atoms. The molecule has 1 aliphatic rings. The molecular formula is C17H26N4O3. The zero-order valence-corrected chi connectivity index (χ0v) is 14.1. The fraction of sp³-hybridized carbons (Fsp3) is 0.529. The number of hydrogen-bond acceptors (Lipinski definition) is 4. The van der Waals surface area contributed by atoms with Crippen LogP contribution in [0.15, 0.2) is 35.0 Å². The number of piperidine rings is 1. The van der Waals surface area contributed by atoms with Crippen LogP contribution in [0.3, 0.4) is 0 Å². The van der Waals surface area contributed by atoms with E-state index >= 15 is 0 Å². The maximum Gasteiger partial charge on any atom is 0.315 e. The highest BCUT2D eigenvalue weighted by Crippen LogP contribution is 2.11. The Morgan fingerprint density at radius 1 is 1.33 bits per heavy atom. The van der Waals surface area contributed by atoms with Gasteiger partial charge in [0.1, 0.15) is 5.76 Å². The zero-order valence-electron chi connectivity index (χ0n) is 14.1. The van der Waals surface area contributed by atoms with E-state index in [-0.39, 0.29) is 24.5 Å². The minimum Gasteiger partial charge on any atom is -0.467 e. The lowest BCUT2D eigenvalue weighted by Gasteiger charge is -2.32. The molecule has 1 fully saturated rings. The molecule has 1 aliphatic heterocycles. The van der Waals surface area contributed by atoms with Gasteiger partial charge in [0.05, 0.1) is 19.4 Å². The van der Waals surface area contributed by atoms with Crippen LogP contribution in [0.25, 0.3) is 0 Å². The second-order valence-corrected chi connectivity index (χ2v) is 6.19. The maximum atomic E-state index is 11.9. The Kier molecular flexibility index (Phi) is 6.87. The van der Waals surface area contributed by atoms with Crippen LogP contribution in [0.2, 0.25) is 0 Å². The Morgan fingerprint density at radius 3 is 2.71 bits per heavy atom. The van der Waals surface area contributed by atoms with Gasteiger partial charge in [0.25, 0.3) is 0 Å². The third kappa shape index (κ3) is 6.45. The van der Waals surface area contributed by atoms with Gasteiger partial charge >= 0.3 is 6.03 Å². The fourth-order valence-electron chi connectivity index (χ4n) is 2.68. The number of likely N-dealkylation sites (tertiary alicyclic amines) is 1. The van der Waals surface area contributed by atoms with Gasteiger partial charge in [-0.1, -0.05) is 12.2 Å². The number of nitrogens with zero attached hydrogens (tertiary/aromatic N) is 1. The molecule has 3 N–H and O–H groups in total. The fourth-order valence-corrected chi connectivity index (χ4v) is 2.68. The van der Waals surface area contributed by atoms with Crippen LogP contribution in [-0.2, 0) is 11.3 Å². The highest BCUT2D eigenvalue weighted by Gasteiger charge is 2.20. The summed E-state index contributed by atoms with van der Waals surface area (Å²) in [5.74, 6) is 0.423. The molecule has 0 aliphatic carbocycles. The van der Waals surface area contributed by atoms with E-state index in [2.05, 4.69) is 27.4 Å². The van der Waals surface area contributed by atoms with Gasteiger partial charge in [0, 0.05) is 25.7 Å². The summed E-state index contributed by atoms with van der Waals surface area (Å²) in [4.78, 5) is 25.9. The van der Waals surface area contributed by atoms with Crippen molar-refractivity contribution in [1.82, 2.24) is 20.9 Å². The van der Waals surface area contributed by atoms with Crippen LogP contribution in [0.1, 0.15) is 25.5 Å². The topological polar surface area (TPSA) is 86.6 Å². The number of carbonyl (C=O) groups is 2. The van der Waals surface area contributed by atoms with Gasteiger partial charge in [-0.2, -0.15) is 0 Å². The molecule has 1 saturated heterocycles. The molecule has 0 unspecified atom stereocenters. The first kappa shape index (κ1) is 18.1.